The van der Waals surface area contributed by atoms with Crippen molar-refractivity contribution in [1.82, 2.24) is 18.8 Å². The summed E-state index contributed by atoms with van der Waals surface area (Å²) in [5, 5.41) is 0. The van der Waals surface area contributed by atoms with Crippen LogP contribution in [0, 0.1) is 5.41 Å². The van der Waals surface area contributed by atoms with Crippen LogP contribution in [-0.4, -0.2) is 78.7 Å². The molecule has 1 aromatic rings. The maximum absolute atomic E-state index is 13.4. The maximum Gasteiger partial charge on any atom is 0.231 e. The van der Waals surface area contributed by atoms with Gasteiger partial charge in [0.15, 0.2) is 0 Å². The molecule has 2 saturated heterocycles. The Hall–Kier alpha value is -1.45. The van der Waals surface area contributed by atoms with Crippen molar-refractivity contribution in [3.05, 3.63) is 18.2 Å². The number of aromatic nitrogens is 2. The molecule has 1 amide bonds. The van der Waals surface area contributed by atoms with Crippen molar-refractivity contribution in [2.45, 2.75) is 45.6 Å². The third-order valence-electron chi connectivity index (χ3n) is 6.05. The second kappa shape index (κ2) is 8.12. The van der Waals surface area contributed by atoms with E-state index in [0.717, 1.165) is 5.69 Å². The summed E-state index contributed by atoms with van der Waals surface area (Å²) >= 11 is 0. The number of sulfonamides is 1. The number of imidazole rings is 1. The van der Waals surface area contributed by atoms with E-state index < -0.39 is 15.4 Å². The highest BCUT2D eigenvalue weighted by molar-refractivity contribution is 7.89. The van der Waals surface area contributed by atoms with Crippen LogP contribution in [0.25, 0.3) is 0 Å². The van der Waals surface area contributed by atoms with Gasteiger partial charge >= 0.3 is 0 Å². The van der Waals surface area contributed by atoms with Gasteiger partial charge in [0.1, 0.15) is 0 Å². The Kier molecular flexibility index (Phi) is 6.17. The normalized spacial score (nSPS) is 26.2. The molecule has 0 N–H and O–H groups in total. The van der Waals surface area contributed by atoms with Crippen molar-refractivity contribution in [2.75, 3.05) is 45.6 Å². The number of nitrogens with zero attached hydrogens (tertiary/aromatic N) is 4. The van der Waals surface area contributed by atoms with E-state index in [-0.39, 0.29) is 30.2 Å². The molecule has 0 radical (unpaired) electrons. The molecule has 2 atom stereocenters. The van der Waals surface area contributed by atoms with Gasteiger partial charge in [-0.1, -0.05) is 6.92 Å². The van der Waals surface area contributed by atoms with E-state index in [4.69, 9.17) is 4.74 Å². The molecule has 2 aliphatic heterocycles. The molecule has 3 heterocycles. The number of likely N-dealkylation sites (tertiary alicyclic amines) is 1. The van der Waals surface area contributed by atoms with E-state index in [0.29, 0.717) is 39.1 Å². The summed E-state index contributed by atoms with van der Waals surface area (Å²) in [5.41, 5.74) is 0.0786. The van der Waals surface area contributed by atoms with E-state index in [2.05, 4.69) is 18.8 Å². The molecule has 158 valence electrons. The highest BCUT2D eigenvalue weighted by Crippen LogP contribution is 2.50. The lowest BCUT2D eigenvalue weighted by Crippen LogP contribution is -2.41. The van der Waals surface area contributed by atoms with Gasteiger partial charge in [-0.25, -0.2) is 17.7 Å². The summed E-state index contributed by atoms with van der Waals surface area (Å²) in [4.78, 5) is 19.8. The van der Waals surface area contributed by atoms with Crippen molar-refractivity contribution in [3.63, 3.8) is 0 Å². The highest BCUT2D eigenvalue weighted by atomic mass is 32.2. The van der Waals surface area contributed by atoms with E-state index in [1.807, 2.05) is 22.6 Å². The third kappa shape index (κ3) is 3.71. The van der Waals surface area contributed by atoms with Crippen LogP contribution < -0.4 is 0 Å². The number of methoxy groups -OCH3 is 1. The molecule has 2 aliphatic rings. The second-order valence-electron chi connectivity index (χ2n) is 8.19. The summed E-state index contributed by atoms with van der Waals surface area (Å²) in [6, 6.07) is 0.260. The first-order valence-corrected chi connectivity index (χ1v) is 11.7. The fourth-order valence-corrected chi connectivity index (χ4v) is 5.98. The van der Waals surface area contributed by atoms with Crippen LogP contribution in [0.2, 0.25) is 0 Å². The number of hydrogen-bond acceptors (Lipinski definition) is 5. The summed E-state index contributed by atoms with van der Waals surface area (Å²) in [5.74, 6) is -0.0836. The van der Waals surface area contributed by atoms with Crippen LogP contribution in [-0.2, 0) is 19.6 Å². The van der Waals surface area contributed by atoms with Gasteiger partial charge in [-0.05, 0) is 26.7 Å². The van der Waals surface area contributed by atoms with Crippen molar-refractivity contribution >= 4 is 15.9 Å². The molecule has 1 spiro atoms. The fourth-order valence-electron chi connectivity index (χ4n) is 4.40. The van der Waals surface area contributed by atoms with Crippen molar-refractivity contribution < 1.29 is 17.9 Å². The molecule has 0 aliphatic carbocycles. The third-order valence-corrected chi connectivity index (χ3v) is 8.04. The van der Waals surface area contributed by atoms with Gasteiger partial charge in [0.25, 0.3) is 0 Å². The van der Waals surface area contributed by atoms with Gasteiger partial charge in [-0.15, -0.1) is 0 Å². The molecule has 8 nitrogen and oxygen atoms in total. The van der Waals surface area contributed by atoms with Gasteiger partial charge < -0.3 is 14.2 Å². The zero-order valence-corrected chi connectivity index (χ0v) is 18.1. The van der Waals surface area contributed by atoms with Crippen molar-refractivity contribution in [1.29, 1.82) is 0 Å². The minimum absolute atomic E-state index is 0.0304. The largest absolute Gasteiger partial charge is 0.383 e. The fraction of sp³-hybridized carbons (Fsp3) is 0.789. The number of carbonyl (C=O) groups is 1. The molecule has 0 bridgehead atoms. The Labute approximate surface area is 167 Å². The lowest BCUT2D eigenvalue weighted by molar-refractivity contribution is -0.136. The van der Waals surface area contributed by atoms with Gasteiger partial charge in [0, 0.05) is 51.4 Å². The first kappa shape index (κ1) is 21.3. The zero-order chi connectivity index (χ0) is 20.5. The molecule has 0 saturated carbocycles. The number of rotatable bonds is 8. The second-order valence-corrected chi connectivity index (χ2v) is 10.3. The SMILES string of the molecule is CCCS(=O)(=O)N1C[C@H](c2cn(C(C)C)cn2)[C@@]2(CCN(CCOC)C2=O)C1. The van der Waals surface area contributed by atoms with Crippen molar-refractivity contribution in [2.24, 2.45) is 5.41 Å². The first-order valence-electron chi connectivity index (χ1n) is 10.0. The van der Waals surface area contributed by atoms with Crippen LogP contribution >= 0.6 is 0 Å². The minimum atomic E-state index is -3.38. The van der Waals surface area contributed by atoms with Crippen LogP contribution in [0.5, 0.6) is 0 Å². The van der Waals surface area contributed by atoms with Crippen molar-refractivity contribution in [3.8, 4) is 0 Å². The molecule has 0 aromatic carbocycles. The Balaban J connectivity index is 1.95. The van der Waals surface area contributed by atoms with E-state index in [1.165, 1.54) is 4.31 Å². The maximum atomic E-state index is 13.4. The Morgan fingerprint density at radius 1 is 1.39 bits per heavy atom. The summed E-state index contributed by atoms with van der Waals surface area (Å²) in [6.07, 6.45) is 4.95. The monoisotopic (exact) mass is 412 g/mol. The average Bonchev–Trinajstić information content (AvgIpc) is 3.33. The Morgan fingerprint density at radius 2 is 2.14 bits per heavy atom. The van der Waals surface area contributed by atoms with Crippen LogP contribution in [0.1, 0.15) is 51.3 Å². The molecule has 2 fully saturated rings. The molecule has 1 aromatic heterocycles. The number of ether oxygens (including phenoxy) is 1. The van der Waals surface area contributed by atoms with Gasteiger partial charge in [0.2, 0.25) is 15.9 Å². The topological polar surface area (TPSA) is 84.7 Å². The first-order chi connectivity index (χ1) is 13.2. The molecule has 9 heteroatoms. The Bertz CT molecular complexity index is 807. The zero-order valence-electron chi connectivity index (χ0n) is 17.3. The standard InChI is InChI=1S/C19H32N4O4S/c1-5-10-28(25,26)23-11-16(17-12-22(14-20-17)15(2)3)19(13-23)6-7-21(18(19)24)8-9-27-4/h12,14-16H,5-11,13H2,1-4H3/t16-,19-/m1/s1. The van der Waals surface area contributed by atoms with E-state index in [1.54, 1.807) is 13.4 Å². The summed E-state index contributed by atoms with van der Waals surface area (Å²) in [6.45, 7) is 8.21. The number of carbonyl (C=O) groups excluding carboxylic acids is 1. The molecular weight excluding hydrogens is 380 g/mol. The average molecular weight is 413 g/mol. The molecule has 3 rings (SSSR count). The smallest absolute Gasteiger partial charge is 0.231 e. The van der Waals surface area contributed by atoms with Crippen LogP contribution in [0.15, 0.2) is 12.5 Å². The predicted octanol–water partition coefficient (Wildman–Crippen LogP) is 1.47. The number of hydrogen-bond donors (Lipinski definition) is 0. The molecular formula is C19H32N4O4S. The minimum Gasteiger partial charge on any atom is -0.383 e. The number of amides is 1. The quantitative estimate of drug-likeness (QED) is 0.645. The highest BCUT2D eigenvalue weighted by Gasteiger charge is 2.59. The lowest BCUT2D eigenvalue weighted by Gasteiger charge is -2.28. The van der Waals surface area contributed by atoms with Crippen LogP contribution in [0.3, 0.4) is 0 Å². The van der Waals surface area contributed by atoms with Gasteiger partial charge in [-0.3, -0.25) is 4.79 Å². The van der Waals surface area contributed by atoms with Crippen LogP contribution in [0.4, 0.5) is 0 Å². The predicted molar refractivity (Wildman–Crippen MR) is 107 cm³/mol. The van der Waals surface area contributed by atoms with Gasteiger partial charge in [-0.2, -0.15) is 0 Å². The lowest BCUT2D eigenvalue weighted by atomic mass is 9.75. The van der Waals surface area contributed by atoms with Gasteiger partial charge in [0.05, 0.1) is 29.8 Å². The van der Waals surface area contributed by atoms with E-state index >= 15 is 0 Å². The summed E-state index contributed by atoms with van der Waals surface area (Å²) < 4.78 is 34.2. The molecule has 28 heavy (non-hydrogen) atoms. The van der Waals surface area contributed by atoms with E-state index in [9.17, 15) is 13.2 Å². The molecule has 0 unspecified atom stereocenters. The Morgan fingerprint density at radius 3 is 2.75 bits per heavy atom. The summed E-state index contributed by atoms with van der Waals surface area (Å²) in [7, 11) is -1.76.